The summed E-state index contributed by atoms with van der Waals surface area (Å²) in [5, 5.41) is 14.7. The van der Waals surface area contributed by atoms with Gasteiger partial charge >= 0.3 is 0 Å². The minimum atomic E-state index is -0.152. The summed E-state index contributed by atoms with van der Waals surface area (Å²) in [6, 6.07) is 10.9. The molecule has 130 valence electrons. The number of H-pyrrole nitrogens is 1. The molecule has 0 saturated heterocycles. The van der Waals surface area contributed by atoms with E-state index in [9.17, 15) is 4.79 Å². The number of fused-ring (bicyclic) bond motifs is 1. The number of benzene rings is 2. The van der Waals surface area contributed by atoms with Gasteiger partial charge in [-0.3, -0.25) is 9.89 Å². The first kappa shape index (κ1) is 16.5. The van der Waals surface area contributed by atoms with Gasteiger partial charge in [0.25, 0.3) is 5.91 Å². The van der Waals surface area contributed by atoms with Crippen LogP contribution in [0.4, 0.5) is 10.8 Å². The first-order chi connectivity index (χ1) is 12.7. The highest BCUT2D eigenvalue weighted by Crippen LogP contribution is 2.33. The van der Waals surface area contributed by atoms with E-state index in [1.54, 1.807) is 31.4 Å². The van der Waals surface area contributed by atoms with Crippen molar-refractivity contribution in [3.8, 4) is 11.4 Å². The van der Waals surface area contributed by atoms with E-state index in [0.717, 1.165) is 22.2 Å². The summed E-state index contributed by atoms with van der Waals surface area (Å²) in [7, 11) is 1.60. The summed E-state index contributed by atoms with van der Waals surface area (Å²) in [5.74, 6) is 0.393. The predicted octanol–water partition coefficient (Wildman–Crippen LogP) is 3.84. The van der Waals surface area contributed by atoms with Crippen LogP contribution < -0.4 is 10.6 Å². The molecule has 0 radical (unpaired) electrons. The van der Waals surface area contributed by atoms with Gasteiger partial charge in [0.1, 0.15) is 0 Å². The molecular weight excluding hydrogens is 372 g/mol. The quantitative estimate of drug-likeness (QED) is 0.497. The Bertz CT molecular complexity index is 1110. The third-order valence-electron chi connectivity index (χ3n) is 3.84. The van der Waals surface area contributed by atoms with Crippen LogP contribution in [0.25, 0.3) is 22.3 Å². The Labute approximate surface area is 157 Å². The maximum absolute atomic E-state index is 11.8. The van der Waals surface area contributed by atoms with Crippen molar-refractivity contribution in [3.63, 3.8) is 0 Å². The molecule has 0 aliphatic heterocycles. The zero-order valence-corrected chi connectivity index (χ0v) is 15.1. The lowest BCUT2D eigenvalue weighted by Gasteiger charge is -2.05. The Hall–Kier alpha value is -2.97. The Kier molecular flexibility index (Phi) is 4.27. The lowest BCUT2D eigenvalue weighted by Crippen LogP contribution is -2.17. The Morgan fingerprint density at radius 2 is 2.15 bits per heavy atom. The molecule has 0 aliphatic carbocycles. The lowest BCUT2D eigenvalue weighted by molar-refractivity contribution is 0.0963. The average Bonchev–Trinajstić information content (AvgIpc) is 3.33. The van der Waals surface area contributed by atoms with Crippen molar-refractivity contribution in [3.05, 3.63) is 53.2 Å². The minimum Gasteiger partial charge on any atom is -0.355 e. The molecule has 0 saturated carbocycles. The highest BCUT2D eigenvalue weighted by atomic mass is 35.5. The molecule has 3 N–H and O–H groups in total. The van der Waals surface area contributed by atoms with Crippen LogP contribution in [0.5, 0.6) is 0 Å². The summed E-state index contributed by atoms with van der Waals surface area (Å²) in [5.41, 5.74) is 2.92. The van der Waals surface area contributed by atoms with Crippen molar-refractivity contribution in [2.75, 3.05) is 12.4 Å². The van der Waals surface area contributed by atoms with E-state index in [0.29, 0.717) is 21.5 Å². The van der Waals surface area contributed by atoms with Crippen LogP contribution in [0.2, 0.25) is 5.02 Å². The number of hydrogen-bond acceptors (Lipinski definition) is 6. The first-order valence-electron chi connectivity index (χ1n) is 7.70. The number of nitrogens with zero attached hydrogens (tertiary/aromatic N) is 3. The summed E-state index contributed by atoms with van der Waals surface area (Å²) in [6.45, 7) is 0. The summed E-state index contributed by atoms with van der Waals surface area (Å²) >= 11 is 7.64. The van der Waals surface area contributed by atoms with Crippen LogP contribution in [-0.4, -0.2) is 32.5 Å². The van der Waals surface area contributed by atoms with E-state index >= 15 is 0 Å². The van der Waals surface area contributed by atoms with Gasteiger partial charge in [0.15, 0.2) is 5.82 Å². The van der Waals surface area contributed by atoms with Gasteiger partial charge in [0.2, 0.25) is 5.13 Å². The number of carbonyl (C=O) groups excluding carboxylic acids is 1. The van der Waals surface area contributed by atoms with Gasteiger partial charge < -0.3 is 10.6 Å². The third-order valence-corrected chi connectivity index (χ3v) is 4.87. The van der Waals surface area contributed by atoms with E-state index in [-0.39, 0.29) is 5.91 Å². The molecule has 4 aromatic rings. The van der Waals surface area contributed by atoms with Crippen LogP contribution in [0.15, 0.2) is 42.6 Å². The maximum atomic E-state index is 11.8. The molecule has 0 bridgehead atoms. The number of aromatic amines is 1. The Morgan fingerprint density at radius 3 is 3.00 bits per heavy atom. The number of rotatable bonds is 4. The number of amides is 1. The number of anilines is 2. The number of hydrogen-bond donors (Lipinski definition) is 3. The van der Waals surface area contributed by atoms with E-state index < -0.39 is 0 Å². The molecule has 26 heavy (non-hydrogen) atoms. The molecule has 2 aromatic heterocycles. The number of aromatic nitrogens is 4. The third kappa shape index (κ3) is 3.00. The van der Waals surface area contributed by atoms with Crippen LogP contribution in [0.1, 0.15) is 10.4 Å². The molecule has 0 atom stereocenters. The van der Waals surface area contributed by atoms with Crippen molar-refractivity contribution < 1.29 is 4.79 Å². The molecule has 2 aromatic carbocycles. The first-order valence-corrected chi connectivity index (χ1v) is 8.85. The van der Waals surface area contributed by atoms with Gasteiger partial charge in [0, 0.05) is 35.1 Å². The molecule has 2 heterocycles. The highest BCUT2D eigenvalue weighted by molar-refractivity contribution is 7.10. The largest absolute Gasteiger partial charge is 0.355 e. The van der Waals surface area contributed by atoms with Crippen LogP contribution in [-0.2, 0) is 0 Å². The molecular formula is C17H13ClN6OS. The average molecular weight is 385 g/mol. The van der Waals surface area contributed by atoms with Gasteiger partial charge in [-0.2, -0.15) is 14.5 Å². The number of carbonyl (C=O) groups is 1. The van der Waals surface area contributed by atoms with Crippen molar-refractivity contribution in [2.24, 2.45) is 0 Å². The van der Waals surface area contributed by atoms with E-state index in [4.69, 9.17) is 11.6 Å². The second-order valence-electron chi connectivity index (χ2n) is 5.47. The van der Waals surface area contributed by atoms with Gasteiger partial charge in [-0.25, -0.2) is 0 Å². The van der Waals surface area contributed by atoms with Gasteiger partial charge in [-0.1, -0.05) is 23.7 Å². The van der Waals surface area contributed by atoms with Gasteiger partial charge in [-0.15, -0.1) is 0 Å². The minimum absolute atomic E-state index is 0.152. The van der Waals surface area contributed by atoms with Crippen LogP contribution in [0, 0.1) is 0 Å². The number of halogens is 1. The fourth-order valence-corrected chi connectivity index (χ4v) is 3.39. The molecule has 0 fully saturated rings. The zero-order chi connectivity index (χ0) is 18.1. The molecule has 4 rings (SSSR count). The molecule has 9 heteroatoms. The molecule has 0 spiro atoms. The van der Waals surface area contributed by atoms with Crippen LogP contribution >= 0.6 is 23.1 Å². The van der Waals surface area contributed by atoms with Crippen LogP contribution in [0.3, 0.4) is 0 Å². The maximum Gasteiger partial charge on any atom is 0.251 e. The molecule has 7 nitrogen and oxygen atoms in total. The topological polar surface area (TPSA) is 95.6 Å². The Balaban J connectivity index is 1.62. The Morgan fingerprint density at radius 1 is 1.27 bits per heavy atom. The monoisotopic (exact) mass is 384 g/mol. The molecule has 1 amide bonds. The van der Waals surface area contributed by atoms with Gasteiger partial charge in [-0.05, 0) is 24.3 Å². The summed E-state index contributed by atoms with van der Waals surface area (Å²) in [6.07, 6.45) is 1.68. The van der Waals surface area contributed by atoms with E-state index in [2.05, 4.69) is 30.2 Å². The second-order valence-corrected chi connectivity index (χ2v) is 6.60. The SMILES string of the molecule is CNC(=O)c1cccc(-c2nsc(Nc3ccc4[nH]ncc4c3Cl)n2)c1. The van der Waals surface area contributed by atoms with Gasteiger partial charge in [0.05, 0.1) is 22.4 Å². The standard InChI is InChI=1S/C17H13ClN6OS/c1-19-16(25)10-4-2-3-9(7-10)15-22-17(26-24-15)21-13-6-5-12-11(14(13)18)8-20-23-12/h2-8H,1H3,(H,19,25)(H,20,23)(H,21,22,24). The predicted molar refractivity (Wildman–Crippen MR) is 103 cm³/mol. The lowest BCUT2D eigenvalue weighted by atomic mass is 10.1. The normalized spacial score (nSPS) is 10.8. The van der Waals surface area contributed by atoms with Crippen molar-refractivity contribution in [2.45, 2.75) is 0 Å². The summed E-state index contributed by atoms with van der Waals surface area (Å²) < 4.78 is 4.37. The van der Waals surface area contributed by atoms with Crippen molar-refractivity contribution in [1.29, 1.82) is 0 Å². The fraction of sp³-hybridized carbons (Fsp3) is 0.0588. The summed E-state index contributed by atoms with van der Waals surface area (Å²) in [4.78, 5) is 16.3. The zero-order valence-electron chi connectivity index (χ0n) is 13.6. The highest BCUT2D eigenvalue weighted by Gasteiger charge is 2.12. The van der Waals surface area contributed by atoms with E-state index in [1.807, 2.05) is 18.2 Å². The number of nitrogens with one attached hydrogen (secondary N) is 3. The molecule has 0 aliphatic rings. The second kappa shape index (κ2) is 6.74. The van der Waals surface area contributed by atoms with E-state index in [1.165, 1.54) is 11.5 Å². The fourth-order valence-electron chi connectivity index (χ4n) is 2.53. The smallest absolute Gasteiger partial charge is 0.251 e. The van der Waals surface area contributed by atoms with Crippen molar-refractivity contribution >= 4 is 50.8 Å². The van der Waals surface area contributed by atoms with Crippen molar-refractivity contribution in [1.82, 2.24) is 24.9 Å². The molecule has 0 unspecified atom stereocenters.